The van der Waals surface area contributed by atoms with Gasteiger partial charge in [-0.2, -0.15) is 13.2 Å². The zero-order valence-corrected chi connectivity index (χ0v) is 14.1. The summed E-state index contributed by atoms with van der Waals surface area (Å²) in [5.41, 5.74) is 0.931. The van der Waals surface area contributed by atoms with Crippen LogP contribution in [0.4, 0.5) is 18.9 Å². The van der Waals surface area contributed by atoms with E-state index in [1.165, 1.54) is 11.0 Å². The van der Waals surface area contributed by atoms with Crippen molar-refractivity contribution in [3.63, 3.8) is 0 Å². The van der Waals surface area contributed by atoms with Crippen LogP contribution in [0.2, 0.25) is 0 Å². The first-order valence-electron chi connectivity index (χ1n) is 8.57. The standard InChI is InChI=1S/C20H16F3NO3/c21-20(22,23)12-5-3-4-11(8-12)14-9-15(14)18(25)24-10-16(19(26)27)13-6-1-2-7-17(13)24/h1-8,14-16H,9-10H2,(H,26,27). The first-order valence-corrected chi connectivity index (χ1v) is 8.57. The molecule has 1 aliphatic heterocycles. The molecule has 4 nitrogen and oxygen atoms in total. The fraction of sp³-hybridized carbons (Fsp3) is 0.300. The Balaban J connectivity index is 1.55. The van der Waals surface area contributed by atoms with Gasteiger partial charge in [0.05, 0.1) is 5.56 Å². The molecule has 2 aromatic rings. The third kappa shape index (κ3) is 3.07. The zero-order valence-electron chi connectivity index (χ0n) is 14.1. The number of anilines is 1. The molecule has 1 amide bonds. The second kappa shape index (κ2) is 6.11. The van der Waals surface area contributed by atoms with Crippen molar-refractivity contribution in [3.05, 3.63) is 65.2 Å². The van der Waals surface area contributed by atoms with Crippen molar-refractivity contribution in [1.82, 2.24) is 0 Å². The van der Waals surface area contributed by atoms with Gasteiger partial charge in [0.25, 0.3) is 0 Å². The lowest BCUT2D eigenvalue weighted by Crippen LogP contribution is -2.32. The average molecular weight is 375 g/mol. The summed E-state index contributed by atoms with van der Waals surface area (Å²) in [6.07, 6.45) is -3.95. The van der Waals surface area contributed by atoms with Gasteiger partial charge in [0.15, 0.2) is 0 Å². The number of rotatable bonds is 3. The molecule has 2 aliphatic rings. The number of amides is 1. The minimum atomic E-state index is -4.42. The molecule has 2 aromatic carbocycles. The van der Waals surface area contributed by atoms with Crippen molar-refractivity contribution in [2.24, 2.45) is 5.92 Å². The maximum Gasteiger partial charge on any atom is 0.416 e. The van der Waals surface area contributed by atoms with Crippen LogP contribution in [0.3, 0.4) is 0 Å². The summed E-state index contributed by atoms with van der Waals surface area (Å²) in [6.45, 7) is 0.0549. The van der Waals surface area contributed by atoms with Crippen LogP contribution in [-0.2, 0) is 15.8 Å². The highest BCUT2D eigenvalue weighted by Crippen LogP contribution is 2.51. The van der Waals surface area contributed by atoms with Crippen LogP contribution >= 0.6 is 0 Å². The van der Waals surface area contributed by atoms with Crippen molar-refractivity contribution in [1.29, 1.82) is 0 Å². The molecule has 0 saturated heterocycles. The van der Waals surface area contributed by atoms with E-state index in [2.05, 4.69) is 0 Å². The van der Waals surface area contributed by atoms with Gasteiger partial charge < -0.3 is 10.0 Å². The van der Waals surface area contributed by atoms with Crippen LogP contribution in [0.25, 0.3) is 0 Å². The Hall–Kier alpha value is -2.83. The normalized spacial score (nSPS) is 23.8. The van der Waals surface area contributed by atoms with Crippen molar-refractivity contribution in [3.8, 4) is 0 Å². The third-order valence-electron chi connectivity index (χ3n) is 5.28. The summed E-state index contributed by atoms with van der Waals surface area (Å²) in [7, 11) is 0. The number of carboxylic acids is 1. The lowest BCUT2D eigenvalue weighted by molar-refractivity contribution is -0.139. The van der Waals surface area contributed by atoms with E-state index in [1.807, 2.05) is 0 Å². The topological polar surface area (TPSA) is 57.6 Å². The SMILES string of the molecule is O=C(O)C1CN(C(=O)C2CC2c2cccc(C(F)(F)F)c2)c2ccccc21. The molecule has 0 bridgehead atoms. The van der Waals surface area contributed by atoms with E-state index >= 15 is 0 Å². The molecule has 4 rings (SSSR count). The van der Waals surface area contributed by atoms with Crippen molar-refractivity contribution in [2.45, 2.75) is 24.4 Å². The quantitative estimate of drug-likeness (QED) is 0.882. The summed E-state index contributed by atoms with van der Waals surface area (Å²) in [5.74, 6) is -2.70. The van der Waals surface area contributed by atoms with Gasteiger partial charge >= 0.3 is 12.1 Å². The number of carbonyl (C=O) groups is 2. The van der Waals surface area contributed by atoms with E-state index in [0.29, 0.717) is 23.2 Å². The molecule has 0 aromatic heterocycles. The predicted molar refractivity (Wildman–Crippen MR) is 91.5 cm³/mol. The molecule has 1 saturated carbocycles. The molecule has 1 N–H and O–H groups in total. The fourth-order valence-corrected chi connectivity index (χ4v) is 3.81. The van der Waals surface area contributed by atoms with Gasteiger partial charge in [0.1, 0.15) is 5.92 Å². The highest BCUT2D eigenvalue weighted by Gasteiger charge is 2.49. The van der Waals surface area contributed by atoms with Crippen LogP contribution in [0.15, 0.2) is 48.5 Å². The zero-order chi connectivity index (χ0) is 19.3. The van der Waals surface area contributed by atoms with E-state index in [0.717, 1.165) is 12.1 Å². The van der Waals surface area contributed by atoms with Gasteiger partial charge in [-0.25, -0.2) is 0 Å². The lowest BCUT2D eigenvalue weighted by atomic mass is 10.0. The Morgan fingerprint density at radius 3 is 2.52 bits per heavy atom. The number of carbonyl (C=O) groups excluding carboxylic acids is 1. The highest BCUT2D eigenvalue weighted by atomic mass is 19.4. The highest BCUT2D eigenvalue weighted by molar-refractivity contribution is 6.01. The molecule has 1 heterocycles. The fourth-order valence-electron chi connectivity index (χ4n) is 3.81. The lowest BCUT2D eigenvalue weighted by Gasteiger charge is -2.17. The van der Waals surface area contributed by atoms with E-state index in [-0.39, 0.29) is 18.4 Å². The number of alkyl halides is 3. The van der Waals surface area contributed by atoms with Crippen LogP contribution in [0.1, 0.15) is 34.9 Å². The van der Waals surface area contributed by atoms with Crippen molar-refractivity contribution in [2.75, 3.05) is 11.4 Å². The summed E-state index contributed by atoms with van der Waals surface area (Å²) in [5, 5.41) is 9.41. The number of halogens is 3. The van der Waals surface area contributed by atoms with E-state index in [1.54, 1.807) is 30.3 Å². The largest absolute Gasteiger partial charge is 0.481 e. The Kier molecular flexibility index (Phi) is 3.98. The molecule has 3 unspecified atom stereocenters. The van der Waals surface area contributed by atoms with Gasteiger partial charge in [-0.15, -0.1) is 0 Å². The molecule has 7 heteroatoms. The number of aliphatic carboxylic acids is 1. The number of nitrogens with zero attached hydrogens (tertiary/aromatic N) is 1. The Morgan fingerprint density at radius 1 is 1.07 bits per heavy atom. The predicted octanol–water partition coefficient (Wildman–Crippen LogP) is 4.02. The Labute approximate surface area is 153 Å². The second-order valence-corrected chi connectivity index (χ2v) is 6.97. The molecule has 140 valence electrons. The van der Waals surface area contributed by atoms with Crippen LogP contribution < -0.4 is 4.90 Å². The summed E-state index contributed by atoms with van der Waals surface area (Å²) in [6, 6.07) is 11.9. The molecule has 1 aliphatic carbocycles. The number of fused-ring (bicyclic) bond motifs is 1. The summed E-state index contributed by atoms with van der Waals surface area (Å²) in [4.78, 5) is 25.9. The van der Waals surface area contributed by atoms with E-state index < -0.39 is 29.5 Å². The molecule has 27 heavy (non-hydrogen) atoms. The van der Waals surface area contributed by atoms with E-state index in [9.17, 15) is 27.9 Å². The maximum atomic E-state index is 12.9. The number of benzene rings is 2. The molecule has 0 spiro atoms. The first kappa shape index (κ1) is 17.6. The number of para-hydroxylation sites is 1. The van der Waals surface area contributed by atoms with E-state index in [4.69, 9.17) is 0 Å². The molecule has 0 radical (unpaired) electrons. The summed E-state index contributed by atoms with van der Waals surface area (Å²) >= 11 is 0. The van der Waals surface area contributed by atoms with Gasteiger partial charge in [-0.1, -0.05) is 36.4 Å². The monoisotopic (exact) mass is 375 g/mol. The third-order valence-corrected chi connectivity index (χ3v) is 5.28. The maximum absolute atomic E-state index is 12.9. The number of hydrogen-bond donors (Lipinski definition) is 1. The second-order valence-electron chi connectivity index (χ2n) is 6.97. The number of hydrogen-bond acceptors (Lipinski definition) is 2. The van der Waals surface area contributed by atoms with Gasteiger partial charge in [-0.3, -0.25) is 9.59 Å². The smallest absolute Gasteiger partial charge is 0.416 e. The average Bonchev–Trinajstić information content (AvgIpc) is 3.34. The minimum Gasteiger partial charge on any atom is -0.481 e. The van der Waals surface area contributed by atoms with Crippen molar-refractivity contribution >= 4 is 17.6 Å². The minimum absolute atomic E-state index is 0.0549. The molecular formula is C20H16F3NO3. The number of carboxylic acid groups (broad SMARTS) is 1. The molecule has 1 fully saturated rings. The van der Waals surface area contributed by atoms with Gasteiger partial charge in [-0.05, 0) is 35.6 Å². The summed E-state index contributed by atoms with van der Waals surface area (Å²) < 4.78 is 38.7. The van der Waals surface area contributed by atoms with Gasteiger partial charge in [0, 0.05) is 18.2 Å². The molecular weight excluding hydrogens is 359 g/mol. The van der Waals surface area contributed by atoms with Gasteiger partial charge in [0.2, 0.25) is 5.91 Å². The van der Waals surface area contributed by atoms with Crippen LogP contribution in [-0.4, -0.2) is 23.5 Å². The Bertz CT molecular complexity index is 925. The van der Waals surface area contributed by atoms with Crippen molar-refractivity contribution < 1.29 is 27.9 Å². The van der Waals surface area contributed by atoms with Crippen LogP contribution in [0.5, 0.6) is 0 Å². The van der Waals surface area contributed by atoms with Crippen LogP contribution in [0, 0.1) is 5.92 Å². The Morgan fingerprint density at radius 2 is 1.81 bits per heavy atom. The molecule has 3 atom stereocenters. The first-order chi connectivity index (χ1) is 12.8.